The lowest BCUT2D eigenvalue weighted by atomic mass is 10.0. The van der Waals surface area contributed by atoms with Crippen LogP contribution in [0.2, 0.25) is 0 Å². The summed E-state index contributed by atoms with van der Waals surface area (Å²) in [6, 6.07) is 15.8. The summed E-state index contributed by atoms with van der Waals surface area (Å²) in [6.45, 7) is 5.93. The van der Waals surface area contributed by atoms with Crippen LogP contribution in [0.1, 0.15) is 39.5 Å². The summed E-state index contributed by atoms with van der Waals surface area (Å²) in [5.74, 6) is -2.40. The molecular weight excluding hydrogens is 537 g/mol. The largest absolute Gasteiger partial charge is 0.477 e. The molecule has 0 saturated carbocycles. The number of nitrogens with zero attached hydrogens (tertiary/aromatic N) is 4. The maximum atomic E-state index is 15.5. The van der Waals surface area contributed by atoms with Gasteiger partial charge >= 0.3 is 5.97 Å². The van der Waals surface area contributed by atoms with Crippen molar-refractivity contribution in [2.45, 2.75) is 27.3 Å². The number of hydrogen-bond acceptors (Lipinski definition) is 6. The molecule has 0 spiro atoms. The van der Waals surface area contributed by atoms with E-state index in [0.717, 1.165) is 34.0 Å². The highest BCUT2D eigenvalue weighted by Crippen LogP contribution is 2.29. The second-order valence-corrected chi connectivity index (χ2v) is 10.3. The van der Waals surface area contributed by atoms with Crippen molar-refractivity contribution in [2.24, 2.45) is 4.99 Å². The number of benzene rings is 3. The first-order valence-electron chi connectivity index (χ1n) is 13.4. The number of aryl methyl sites for hydroxylation is 3. The molecule has 1 aliphatic rings. The molecule has 0 atom stereocenters. The molecule has 42 heavy (non-hydrogen) atoms. The summed E-state index contributed by atoms with van der Waals surface area (Å²) in [7, 11) is 3.88. The summed E-state index contributed by atoms with van der Waals surface area (Å²) in [6.07, 6.45) is 2.91. The Bertz CT molecular complexity index is 1850. The van der Waals surface area contributed by atoms with Gasteiger partial charge in [-0.1, -0.05) is 30.3 Å². The molecule has 0 fully saturated rings. The number of nitrogens with one attached hydrogen (secondary N) is 1. The first-order chi connectivity index (χ1) is 20.0. The van der Waals surface area contributed by atoms with E-state index in [1.54, 1.807) is 17.6 Å². The van der Waals surface area contributed by atoms with Crippen LogP contribution < -0.4 is 15.8 Å². The predicted molar refractivity (Wildman–Crippen MR) is 162 cm³/mol. The van der Waals surface area contributed by atoms with E-state index >= 15 is 4.39 Å². The van der Waals surface area contributed by atoms with Crippen LogP contribution >= 0.6 is 0 Å². The third kappa shape index (κ3) is 5.03. The highest BCUT2D eigenvalue weighted by atomic mass is 19.1. The number of pyridine rings is 1. The van der Waals surface area contributed by atoms with E-state index in [0.29, 0.717) is 17.9 Å². The van der Waals surface area contributed by atoms with E-state index < -0.39 is 28.7 Å². The number of aromatic carboxylic acids is 1. The lowest BCUT2D eigenvalue weighted by molar-refractivity contribution is -0.121. The Morgan fingerprint density at radius 2 is 1.74 bits per heavy atom. The number of aliphatic imine (C=N–C) groups is 1. The third-order valence-corrected chi connectivity index (χ3v) is 7.25. The van der Waals surface area contributed by atoms with E-state index in [1.165, 1.54) is 17.3 Å². The zero-order valence-electron chi connectivity index (χ0n) is 23.9. The van der Waals surface area contributed by atoms with Crippen molar-refractivity contribution in [1.29, 1.82) is 0 Å². The summed E-state index contributed by atoms with van der Waals surface area (Å²) in [5, 5.41) is 10.6. The minimum absolute atomic E-state index is 0.0713. The topological polar surface area (TPSA) is 107 Å². The van der Waals surface area contributed by atoms with Gasteiger partial charge in [0.05, 0.1) is 11.2 Å². The van der Waals surface area contributed by atoms with E-state index in [2.05, 4.69) is 5.43 Å². The molecule has 2 heterocycles. The number of amidine groups is 1. The smallest absolute Gasteiger partial charge is 0.341 e. The molecule has 10 heteroatoms. The molecule has 1 aliphatic heterocycles. The first-order valence-corrected chi connectivity index (χ1v) is 13.4. The number of carboxylic acid groups (broad SMARTS) is 1. The molecule has 5 rings (SSSR count). The molecule has 0 radical (unpaired) electrons. The minimum atomic E-state index is -1.39. The number of carboxylic acids is 1. The Hall–Kier alpha value is -5.25. The fourth-order valence-corrected chi connectivity index (χ4v) is 5.01. The van der Waals surface area contributed by atoms with Crippen molar-refractivity contribution in [3.8, 4) is 0 Å². The Morgan fingerprint density at radius 1 is 1.07 bits per heavy atom. The van der Waals surface area contributed by atoms with Gasteiger partial charge in [-0.2, -0.15) is 5.01 Å². The van der Waals surface area contributed by atoms with Gasteiger partial charge in [-0.05, 0) is 67.8 Å². The quantitative estimate of drug-likeness (QED) is 0.298. The van der Waals surface area contributed by atoms with E-state index in [4.69, 9.17) is 4.99 Å². The highest BCUT2D eigenvalue weighted by Gasteiger charge is 2.34. The first kappa shape index (κ1) is 28.3. The van der Waals surface area contributed by atoms with Crippen LogP contribution in [-0.2, 0) is 11.3 Å². The van der Waals surface area contributed by atoms with Gasteiger partial charge in [0, 0.05) is 43.5 Å². The second kappa shape index (κ2) is 11.0. The van der Waals surface area contributed by atoms with E-state index in [1.807, 2.05) is 75.3 Å². The molecule has 214 valence electrons. The molecule has 0 aliphatic carbocycles. The van der Waals surface area contributed by atoms with Gasteiger partial charge in [-0.25, -0.2) is 14.2 Å². The molecule has 9 nitrogen and oxygen atoms in total. The Labute approximate surface area is 241 Å². The van der Waals surface area contributed by atoms with Crippen molar-refractivity contribution in [1.82, 2.24) is 9.58 Å². The van der Waals surface area contributed by atoms with E-state index in [9.17, 15) is 19.5 Å². The van der Waals surface area contributed by atoms with Crippen LogP contribution in [0.4, 0.5) is 15.8 Å². The molecule has 1 amide bonds. The highest BCUT2D eigenvalue weighted by molar-refractivity contribution is 6.21. The maximum absolute atomic E-state index is 15.5. The monoisotopic (exact) mass is 567 g/mol. The molecule has 3 aromatic carbocycles. The number of aromatic nitrogens is 1. The van der Waals surface area contributed by atoms with Crippen molar-refractivity contribution in [2.75, 3.05) is 24.4 Å². The van der Waals surface area contributed by atoms with Crippen LogP contribution in [0.5, 0.6) is 0 Å². The van der Waals surface area contributed by atoms with Gasteiger partial charge in [-0.3, -0.25) is 15.0 Å². The van der Waals surface area contributed by atoms with Crippen LogP contribution in [0.15, 0.2) is 76.3 Å². The average Bonchev–Trinajstić information content (AvgIpc) is 3.23. The fraction of sp³-hybridized carbons (Fsp3) is 0.188. The molecule has 2 N–H and O–H groups in total. The van der Waals surface area contributed by atoms with Crippen LogP contribution in [0, 0.1) is 19.7 Å². The third-order valence-electron chi connectivity index (χ3n) is 7.25. The summed E-state index contributed by atoms with van der Waals surface area (Å²) in [4.78, 5) is 44.9. The van der Waals surface area contributed by atoms with Gasteiger partial charge in [-0.15, -0.1) is 0 Å². The number of halogens is 1. The Kier molecular flexibility index (Phi) is 7.38. The molecule has 0 saturated heterocycles. The second-order valence-electron chi connectivity index (χ2n) is 10.3. The standard InChI is InChI=1S/C32H30FN5O4/c1-6-37-17-23(32(41)42)29(39)22-15-24(33)25(16-27(22)37)35-38-30(28-18(2)8-7-9-19(28)3)34-26(31(38)40)14-20-10-12-21(13-11-20)36(4)5/h7-17,35H,6H2,1-5H3,(H,41,42)/b26-14+. The molecule has 0 unspecified atom stereocenters. The lowest BCUT2D eigenvalue weighted by Crippen LogP contribution is -2.39. The number of anilines is 2. The van der Waals surface area contributed by atoms with Crippen LogP contribution in [0.25, 0.3) is 17.0 Å². The summed E-state index contributed by atoms with van der Waals surface area (Å²) >= 11 is 0. The van der Waals surface area contributed by atoms with Gasteiger partial charge < -0.3 is 14.6 Å². The number of carbonyl (C=O) groups excluding carboxylic acids is 1. The van der Waals surface area contributed by atoms with Crippen molar-refractivity contribution < 1.29 is 19.1 Å². The van der Waals surface area contributed by atoms with Gasteiger partial charge in [0.25, 0.3) is 5.91 Å². The molecule has 4 aromatic rings. The normalized spacial score (nSPS) is 14.0. The van der Waals surface area contributed by atoms with E-state index in [-0.39, 0.29) is 16.8 Å². The number of carbonyl (C=O) groups is 2. The molecule has 1 aromatic heterocycles. The number of rotatable bonds is 7. The Morgan fingerprint density at radius 3 is 2.33 bits per heavy atom. The van der Waals surface area contributed by atoms with Gasteiger partial charge in [0.2, 0.25) is 5.43 Å². The van der Waals surface area contributed by atoms with Crippen molar-refractivity contribution >= 4 is 46.1 Å². The molecular formula is C32H30FN5O4. The average molecular weight is 568 g/mol. The lowest BCUT2D eigenvalue weighted by Gasteiger charge is -2.23. The summed E-state index contributed by atoms with van der Waals surface area (Å²) < 4.78 is 17.1. The van der Waals surface area contributed by atoms with Crippen molar-refractivity contribution in [3.63, 3.8) is 0 Å². The number of amides is 1. The van der Waals surface area contributed by atoms with Crippen LogP contribution in [-0.4, -0.2) is 46.5 Å². The number of hydrogen-bond donors (Lipinski definition) is 2. The zero-order chi connectivity index (χ0) is 30.3. The maximum Gasteiger partial charge on any atom is 0.341 e. The zero-order valence-corrected chi connectivity index (χ0v) is 23.9. The SMILES string of the molecule is CCn1cc(C(=O)O)c(=O)c2cc(F)c(NN3C(=O)/C(=C\c4ccc(N(C)C)cc4)N=C3c3c(C)cccc3C)cc21. The fourth-order valence-electron chi connectivity index (χ4n) is 5.01. The van der Waals surface area contributed by atoms with Crippen molar-refractivity contribution in [3.05, 3.63) is 110 Å². The molecule has 0 bridgehead atoms. The number of hydrazine groups is 1. The predicted octanol–water partition coefficient (Wildman–Crippen LogP) is 5.20. The Balaban J connectivity index is 1.63. The van der Waals surface area contributed by atoms with Crippen LogP contribution in [0.3, 0.4) is 0 Å². The minimum Gasteiger partial charge on any atom is -0.477 e. The number of fused-ring (bicyclic) bond motifs is 1. The van der Waals surface area contributed by atoms with Gasteiger partial charge in [0.15, 0.2) is 5.84 Å². The summed E-state index contributed by atoms with van der Waals surface area (Å²) in [5.41, 5.74) is 6.34. The van der Waals surface area contributed by atoms with Gasteiger partial charge in [0.1, 0.15) is 17.1 Å².